The standard InChI is InChI=1S/C12H19N3O2S/c1-4-5-15(6-7-16)12(17)14-10(3)11-13-9(2)8-18-11/h4,8,10,16H,1,5-7H2,2-3H3,(H,14,17). The van der Waals surface area contributed by atoms with Crippen molar-refractivity contribution >= 4 is 17.4 Å². The fourth-order valence-electron chi connectivity index (χ4n) is 1.46. The van der Waals surface area contributed by atoms with Crippen molar-refractivity contribution in [2.45, 2.75) is 19.9 Å². The zero-order valence-electron chi connectivity index (χ0n) is 10.7. The van der Waals surface area contributed by atoms with Crippen molar-refractivity contribution in [1.29, 1.82) is 0 Å². The van der Waals surface area contributed by atoms with Crippen LogP contribution in [0.15, 0.2) is 18.0 Å². The largest absolute Gasteiger partial charge is 0.395 e. The van der Waals surface area contributed by atoms with Crippen molar-refractivity contribution in [3.8, 4) is 0 Å². The van der Waals surface area contributed by atoms with Gasteiger partial charge in [-0.15, -0.1) is 17.9 Å². The van der Waals surface area contributed by atoms with Gasteiger partial charge in [-0.2, -0.15) is 0 Å². The molecule has 1 aromatic rings. The molecule has 0 spiro atoms. The number of amides is 2. The van der Waals surface area contributed by atoms with Crippen LogP contribution in [0, 0.1) is 6.92 Å². The Morgan fingerprint density at radius 3 is 3.00 bits per heavy atom. The molecule has 1 rings (SSSR count). The van der Waals surface area contributed by atoms with Crippen molar-refractivity contribution in [2.24, 2.45) is 0 Å². The highest BCUT2D eigenvalue weighted by Crippen LogP contribution is 2.17. The van der Waals surface area contributed by atoms with Crippen molar-refractivity contribution in [2.75, 3.05) is 19.7 Å². The molecule has 0 aliphatic rings. The molecule has 0 saturated carbocycles. The SMILES string of the molecule is C=CCN(CCO)C(=O)NC(C)c1nc(C)cs1. The minimum Gasteiger partial charge on any atom is -0.395 e. The van der Waals surface area contributed by atoms with Crippen molar-refractivity contribution < 1.29 is 9.90 Å². The molecule has 2 N–H and O–H groups in total. The molecule has 1 aromatic heterocycles. The summed E-state index contributed by atoms with van der Waals surface area (Å²) in [7, 11) is 0. The molecule has 1 heterocycles. The number of rotatable bonds is 6. The Morgan fingerprint density at radius 2 is 2.50 bits per heavy atom. The van der Waals surface area contributed by atoms with Crippen LogP contribution < -0.4 is 5.32 Å². The van der Waals surface area contributed by atoms with Gasteiger partial charge in [0.05, 0.1) is 12.6 Å². The number of aliphatic hydroxyl groups excluding tert-OH is 1. The summed E-state index contributed by atoms with van der Waals surface area (Å²) in [6.07, 6.45) is 1.63. The van der Waals surface area contributed by atoms with E-state index in [1.165, 1.54) is 16.2 Å². The molecule has 2 amide bonds. The minimum absolute atomic E-state index is 0.0635. The number of aromatic nitrogens is 1. The third kappa shape index (κ3) is 4.12. The predicted octanol–water partition coefficient (Wildman–Crippen LogP) is 1.70. The van der Waals surface area contributed by atoms with Crippen LogP contribution in [0.5, 0.6) is 0 Å². The van der Waals surface area contributed by atoms with Crippen molar-refractivity contribution in [3.63, 3.8) is 0 Å². The highest BCUT2D eigenvalue weighted by molar-refractivity contribution is 7.09. The van der Waals surface area contributed by atoms with Gasteiger partial charge in [-0.25, -0.2) is 9.78 Å². The van der Waals surface area contributed by atoms with Crippen LogP contribution in [-0.2, 0) is 0 Å². The summed E-state index contributed by atoms with van der Waals surface area (Å²) < 4.78 is 0. The van der Waals surface area contributed by atoms with E-state index in [0.717, 1.165) is 10.7 Å². The molecule has 100 valence electrons. The van der Waals surface area contributed by atoms with Gasteiger partial charge < -0.3 is 15.3 Å². The number of nitrogens with zero attached hydrogens (tertiary/aromatic N) is 2. The van der Waals surface area contributed by atoms with Gasteiger partial charge in [0.25, 0.3) is 0 Å². The number of hydrogen-bond donors (Lipinski definition) is 2. The molecule has 1 unspecified atom stereocenters. The molecule has 0 saturated heterocycles. The summed E-state index contributed by atoms with van der Waals surface area (Å²) in [4.78, 5) is 17.8. The van der Waals surface area contributed by atoms with Crippen molar-refractivity contribution in [3.05, 3.63) is 28.7 Å². The van der Waals surface area contributed by atoms with Gasteiger partial charge in [-0.05, 0) is 13.8 Å². The molecule has 18 heavy (non-hydrogen) atoms. The number of urea groups is 1. The Balaban J connectivity index is 2.59. The smallest absolute Gasteiger partial charge is 0.318 e. The van der Waals surface area contributed by atoms with Crippen LogP contribution in [0.25, 0.3) is 0 Å². The van der Waals surface area contributed by atoms with Crippen LogP contribution in [-0.4, -0.2) is 40.7 Å². The Kier molecular flexibility index (Phi) is 5.80. The molecule has 0 aliphatic heterocycles. The molecule has 5 nitrogen and oxygen atoms in total. The zero-order valence-corrected chi connectivity index (χ0v) is 11.5. The number of nitrogens with one attached hydrogen (secondary N) is 1. The van der Waals surface area contributed by atoms with E-state index in [9.17, 15) is 4.79 Å². The average Bonchev–Trinajstić information content (AvgIpc) is 2.75. The minimum atomic E-state index is -0.218. The molecular formula is C12H19N3O2S. The highest BCUT2D eigenvalue weighted by atomic mass is 32.1. The first-order valence-corrected chi connectivity index (χ1v) is 6.65. The Bertz CT molecular complexity index is 406. The van der Waals surface area contributed by atoms with Gasteiger partial charge in [0.2, 0.25) is 0 Å². The fraction of sp³-hybridized carbons (Fsp3) is 0.500. The third-order valence-electron chi connectivity index (χ3n) is 2.35. The predicted molar refractivity (Wildman–Crippen MR) is 72.7 cm³/mol. The van der Waals surface area contributed by atoms with Gasteiger partial charge >= 0.3 is 6.03 Å². The molecule has 0 fully saturated rings. The van der Waals surface area contributed by atoms with Gasteiger partial charge in [-0.1, -0.05) is 6.08 Å². The molecule has 0 radical (unpaired) electrons. The summed E-state index contributed by atoms with van der Waals surface area (Å²) in [5, 5.41) is 14.6. The zero-order chi connectivity index (χ0) is 13.5. The number of thiazole rings is 1. The van der Waals surface area contributed by atoms with E-state index in [1.54, 1.807) is 6.08 Å². The number of carbonyl (C=O) groups is 1. The monoisotopic (exact) mass is 269 g/mol. The van der Waals surface area contributed by atoms with E-state index in [0.29, 0.717) is 13.1 Å². The lowest BCUT2D eigenvalue weighted by molar-refractivity contribution is 0.181. The third-order valence-corrected chi connectivity index (χ3v) is 3.50. The summed E-state index contributed by atoms with van der Waals surface area (Å²) in [6.45, 7) is 8.05. The molecular weight excluding hydrogens is 250 g/mol. The number of aliphatic hydroxyl groups is 1. The van der Waals surface area contributed by atoms with E-state index in [-0.39, 0.29) is 18.7 Å². The average molecular weight is 269 g/mol. The van der Waals surface area contributed by atoms with Crippen molar-refractivity contribution in [1.82, 2.24) is 15.2 Å². The lowest BCUT2D eigenvalue weighted by Gasteiger charge is -2.22. The normalized spacial score (nSPS) is 11.9. The van der Waals surface area contributed by atoms with Crippen LogP contribution in [0.3, 0.4) is 0 Å². The Hall–Kier alpha value is -1.40. The van der Waals surface area contributed by atoms with Crippen LogP contribution in [0.2, 0.25) is 0 Å². The fourth-order valence-corrected chi connectivity index (χ4v) is 2.27. The Labute approximate surface area is 111 Å². The van der Waals surface area contributed by atoms with Gasteiger partial charge in [0, 0.05) is 24.2 Å². The Morgan fingerprint density at radius 1 is 1.78 bits per heavy atom. The van der Waals surface area contributed by atoms with Crippen LogP contribution in [0.4, 0.5) is 4.79 Å². The second-order valence-electron chi connectivity index (χ2n) is 3.96. The molecule has 0 aliphatic carbocycles. The first kappa shape index (κ1) is 14.7. The molecule has 6 heteroatoms. The van der Waals surface area contributed by atoms with Gasteiger partial charge in [-0.3, -0.25) is 0 Å². The topological polar surface area (TPSA) is 65.5 Å². The molecule has 1 atom stereocenters. The maximum absolute atomic E-state index is 11.9. The summed E-state index contributed by atoms with van der Waals surface area (Å²) in [5.74, 6) is 0. The summed E-state index contributed by atoms with van der Waals surface area (Å²) >= 11 is 1.52. The summed E-state index contributed by atoms with van der Waals surface area (Å²) in [5.41, 5.74) is 0.953. The lowest BCUT2D eigenvalue weighted by Crippen LogP contribution is -2.42. The maximum atomic E-state index is 11.9. The number of hydrogen-bond acceptors (Lipinski definition) is 4. The van der Waals surface area contributed by atoms with E-state index in [1.807, 2.05) is 19.2 Å². The van der Waals surface area contributed by atoms with E-state index in [4.69, 9.17) is 5.11 Å². The summed E-state index contributed by atoms with van der Waals surface area (Å²) in [6, 6.07) is -0.355. The number of aryl methyl sites for hydroxylation is 1. The maximum Gasteiger partial charge on any atom is 0.318 e. The quantitative estimate of drug-likeness (QED) is 0.773. The number of carbonyl (C=O) groups excluding carboxylic acids is 1. The van der Waals surface area contributed by atoms with Crippen LogP contribution in [0.1, 0.15) is 23.7 Å². The first-order chi connectivity index (χ1) is 8.58. The molecule has 0 aromatic carbocycles. The van der Waals surface area contributed by atoms with E-state index < -0.39 is 0 Å². The second-order valence-corrected chi connectivity index (χ2v) is 4.85. The van der Waals surface area contributed by atoms with E-state index >= 15 is 0 Å². The van der Waals surface area contributed by atoms with E-state index in [2.05, 4.69) is 16.9 Å². The first-order valence-electron chi connectivity index (χ1n) is 5.77. The lowest BCUT2D eigenvalue weighted by atomic mass is 10.3. The second kappa shape index (κ2) is 7.13. The van der Waals surface area contributed by atoms with Gasteiger partial charge in [0.1, 0.15) is 5.01 Å². The van der Waals surface area contributed by atoms with Crippen LogP contribution >= 0.6 is 11.3 Å². The highest BCUT2D eigenvalue weighted by Gasteiger charge is 2.16. The van der Waals surface area contributed by atoms with Gasteiger partial charge in [0.15, 0.2) is 0 Å². The molecule has 0 bridgehead atoms.